The molecule has 0 spiro atoms. The highest BCUT2D eigenvalue weighted by Crippen LogP contribution is 2.34. The van der Waals surface area contributed by atoms with Crippen LogP contribution >= 0.6 is 0 Å². The van der Waals surface area contributed by atoms with Crippen LogP contribution in [-0.2, 0) is 9.47 Å². The lowest BCUT2D eigenvalue weighted by Gasteiger charge is -2.36. The van der Waals surface area contributed by atoms with Gasteiger partial charge in [-0.15, -0.1) is 0 Å². The van der Waals surface area contributed by atoms with Gasteiger partial charge in [-0.05, 0) is 86.1 Å². The van der Waals surface area contributed by atoms with E-state index in [0.29, 0.717) is 32.2 Å². The normalized spacial score (nSPS) is 21.0. The molecule has 2 fully saturated rings. The largest absolute Gasteiger partial charge is 0.353 e. The number of piperidine rings is 1. The van der Waals surface area contributed by atoms with Gasteiger partial charge in [-0.2, -0.15) is 0 Å². The van der Waals surface area contributed by atoms with Gasteiger partial charge in [-0.3, -0.25) is 4.79 Å². The van der Waals surface area contributed by atoms with Crippen LogP contribution < -0.4 is 0 Å². The second kappa shape index (κ2) is 12.4. The molecule has 2 aliphatic rings. The highest BCUT2D eigenvalue weighted by molar-refractivity contribution is 6.07. The number of likely N-dealkylation sites (tertiary alicyclic amines) is 2. The van der Waals surface area contributed by atoms with Crippen molar-refractivity contribution in [2.75, 3.05) is 45.9 Å². The lowest BCUT2D eigenvalue weighted by atomic mass is 9.88. The molecule has 0 bridgehead atoms. The highest BCUT2D eigenvalue weighted by atomic mass is 19.1. The van der Waals surface area contributed by atoms with Crippen molar-refractivity contribution >= 4 is 16.7 Å². The molecule has 5 rings (SSSR count). The van der Waals surface area contributed by atoms with Crippen LogP contribution in [0, 0.1) is 17.7 Å². The molecular weight excluding hydrogens is 479 g/mol. The minimum absolute atomic E-state index is 0.0797. The van der Waals surface area contributed by atoms with Crippen LogP contribution in [0.4, 0.5) is 4.39 Å². The summed E-state index contributed by atoms with van der Waals surface area (Å²) in [4.78, 5) is 18.3. The van der Waals surface area contributed by atoms with Gasteiger partial charge in [0.1, 0.15) is 5.82 Å². The number of halogens is 1. The van der Waals surface area contributed by atoms with E-state index < -0.39 is 0 Å². The first-order valence-electron chi connectivity index (χ1n) is 14.1. The van der Waals surface area contributed by atoms with Crippen molar-refractivity contribution in [2.45, 2.75) is 38.9 Å². The van der Waals surface area contributed by atoms with Crippen LogP contribution in [-0.4, -0.2) is 67.9 Å². The predicted octanol–water partition coefficient (Wildman–Crippen LogP) is 5.95. The van der Waals surface area contributed by atoms with E-state index in [1.165, 1.54) is 5.56 Å². The number of benzene rings is 3. The van der Waals surface area contributed by atoms with E-state index in [4.69, 9.17) is 9.47 Å². The topological polar surface area (TPSA) is 42.0 Å². The third kappa shape index (κ3) is 5.93. The molecule has 0 radical (unpaired) electrons. The summed E-state index contributed by atoms with van der Waals surface area (Å²) in [6, 6.07) is 21.0. The number of rotatable bonds is 9. The molecule has 2 heterocycles. The summed E-state index contributed by atoms with van der Waals surface area (Å²) in [5, 5.41) is 2.07. The second-order valence-electron chi connectivity index (χ2n) is 10.6. The highest BCUT2D eigenvalue weighted by Gasteiger charge is 2.42. The van der Waals surface area contributed by atoms with E-state index in [-0.39, 0.29) is 29.9 Å². The Morgan fingerprint density at radius 1 is 0.921 bits per heavy atom. The molecule has 0 aliphatic carbocycles. The van der Waals surface area contributed by atoms with Crippen LogP contribution in [0.2, 0.25) is 0 Å². The zero-order valence-electron chi connectivity index (χ0n) is 22.5. The zero-order chi connectivity index (χ0) is 26.5. The number of ether oxygens (including phenoxy) is 2. The van der Waals surface area contributed by atoms with Gasteiger partial charge in [0.15, 0.2) is 6.29 Å². The first-order chi connectivity index (χ1) is 18.6. The van der Waals surface area contributed by atoms with Crippen molar-refractivity contribution in [1.29, 1.82) is 0 Å². The molecule has 2 aliphatic heterocycles. The average Bonchev–Trinajstić information content (AvgIpc) is 3.36. The van der Waals surface area contributed by atoms with Gasteiger partial charge in [0.2, 0.25) is 0 Å². The van der Waals surface area contributed by atoms with Gasteiger partial charge in [-0.25, -0.2) is 4.39 Å². The molecule has 1 unspecified atom stereocenters. The fraction of sp³-hybridized carbons (Fsp3) is 0.469. The Bertz CT molecular complexity index is 1200. The van der Waals surface area contributed by atoms with Gasteiger partial charge in [0.25, 0.3) is 5.91 Å². The maximum Gasteiger partial charge on any atom is 0.254 e. The molecule has 0 N–H and O–H groups in total. The number of nitrogens with zero attached hydrogens (tertiary/aromatic N) is 2. The summed E-state index contributed by atoms with van der Waals surface area (Å²) in [7, 11) is 0. The molecule has 202 valence electrons. The molecule has 5 nitrogen and oxygen atoms in total. The predicted molar refractivity (Wildman–Crippen MR) is 149 cm³/mol. The molecule has 3 aromatic rings. The van der Waals surface area contributed by atoms with Gasteiger partial charge >= 0.3 is 0 Å². The van der Waals surface area contributed by atoms with Gasteiger partial charge in [-0.1, -0.05) is 48.5 Å². The van der Waals surface area contributed by atoms with Gasteiger partial charge in [0.05, 0.1) is 0 Å². The first-order valence-corrected chi connectivity index (χ1v) is 14.1. The number of fused-ring (bicyclic) bond motifs is 1. The van der Waals surface area contributed by atoms with E-state index >= 15 is 0 Å². The lowest BCUT2D eigenvalue weighted by Crippen LogP contribution is -2.41. The molecule has 3 aromatic carbocycles. The third-order valence-electron chi connectivity index (χ3n) is 8.23. The summed E-state index contributed by atoms with van der Waals surface area (Å²) in [6.07, 6.45) is 1.79. The molecule has 2 atom stereocenters. The van der Waals surface area contributed by atoms with Crippen LogP contribution in [0.15, 0.2) is 66.7 Å². The summed E-state index contributed by atoms with van der Waals surface area (Å²) < 4.78 is 25.5. The molecule has 2 saturated heterocycles. The second-order valence-corrected chi connectivity index (χ2v) is 10.6. The van der Waals surface area contributed by atoms with Crippen LogP contribution in [0.1, 0.15) is 48.5 Å². The summed E-state index contributed by atoms with van der Waals surface area (Å²) >= 11 is 0. The minimum atomic E-state index is -0.322. The van der Waals surface area contributed by atoms with Crippen molar-refractivity contribution in [3.63, 3.8) is 0 Å². The Balaban J connectivity index is 1.30. The third-order valence-corrected chi connectivity index (χ3v) is 8.23. The fourth-order valence-corrected chi connectivity index (χ4v) is 6.29. The minimum Gasteiger partial charge on any atom is -0.353 e. The fourth-order valence-electron chi connectivity index (χ4n) is 6.29. The summed E-state index contributed by atoms with van der Waals surface area (Å²) in [5.41, 5.74) is 1.98. The lowest BCUT2D eigenvalue weighted by molar-refractivity contribution is -0.172. The Kier molecular flexibility index (Phi) is 8.72. The summed E-state index contributed by atoms with van der Waals surface area (Å²) in [6.45, 7) is 9.38. The molecule has 0 saturated carbocycles. The zero-order valence-corrected chi connectivity index (χ0v) is 22.5. The number of hydrogen-bond acceptors (Lipinski definition) is 4. The van der Waals surface area contributed by atoms with Crippen molar-refractivity contribution in [1.82, 2.24) is 9.80 Å². The van der Waals surface area contributed by atoms with Gasteiger partial charge in [0, 0.05) is 44.3 Å². The monoisotopic (exact) mass is 518 g/mol. The molecule has 38 heavy (non-hydrogen) atoms. The molecule has 1 amide bonds. The standard InChI is InChI=1S/C32H39FN2O3/c1-3-37-32(38-4-2)30-22-35(31(36)29-11-7-9-25-8-5-6-10-28(25)29)21-26(30)20-34-18-16-24(17-19-34)23-12-14-27(33)15-13-23/h5-15,24,26,30,32H,3-4,16-22H2,1-2H3/t26?,30-/m1/s1. The van der Waals surface area contributed by atoms with Crippen molar-refractivity contribution in [3.05, 3.63) is 83.7 Å². The van der Waals surface area contributed by atoms with Gasteiger partial charge < -0.3 is 19.3 Å². The number of carbonyl (C=O) groups excluding carboxylic acids is 1. The molecule has 0 aromatic heterocycles. The SMILES string of the molecule is CCOC(OCC)[C@@H]1CN(C(=O)c2cccc3ccccc23)CC1CN1CCC(c2ccc(F)cc2)CC1. The van der Waals surface area contributed by atoms with Crippen LogP contribution in [0.5, 0.6) is 0 Å². The quantitative estimate of drug-likeness (QED) is 0.329. The van der Waals surface area contributed by atoms with Crippen LogP contribution in [0.3, 0.4) is 0 Å². The molecule has 6 heteroatoms. The van der Waals surface area contributed by atoms with Crippen molar-refractivity contribution in [3.8, 4) is 0 Å². The van der Waals surface area contributed by atoms with E-state index in [0.717, 1.165) is 48.8 Å². The Labute approximate surface area is 225 Å². The van der Waals surface area contributed by atoms with E-state index in [2.05, 4.69) is 17.0 Å². The Morgan fingerprint density at radius 3 is 2.32 bits per heavy atom. The number of carbonyl (C=O) groups is 1. The van der Waals surface area contributed by atoms with E-state index in [1.54, 1.807) is 12.1 Å². The van der Waals surface area contributed by atoms with Crippen LogP contribution in [0.25, 0.3) is 10.8 Å². The van der Waals surface area contributed by atoms with Crippen molar-refractivity contribution in [2.24, 2.45) is 11.8 Å². The Hall–Kier alpha value is -2.80. The Morgan fingerprint density at radius 2 is 1.61 bits per heavy atom. The summed E-state index contributed by atoms with van der Waals surface area (Å²) in [5.74, 6) is 0.744. The first kappa shape index (κ1) is 26.8. The maximum atomic E-state index is 13.8. The number of hydrogen-bond donors (Lipinski definition) is 0. The maximum absolute atomic E-state index is 13.8. The number of amides is 1. The average molecular weight is 519 g/mol. The van der Waals surface area contributed by atoms with E-state index in [1.807, 2.05) is 61.2 Å². The smallest absolute Gasteiger partial charge is 0.254 e. The van der Waals surface area contributed by atoms with Crippen molar-refractivity contribution < 1.29 is 18.7 Å². The van der Waals surface area contributed by atoms with E-state index in [9.17, 15) is 9.18 Å². The molecular formula is C32H39FN2O3.